The van der Waals surface area contributed by atoms with E-state index in [2.05, 4.69) is 12.2 Å². The number of benzene rings is 1. The van der Waals surface area contributed by atoms with Gasteiger partial charge >= 0.3 is 5.97 Å². The number of carbonyl (C=O) groups is 3. The molecule has 0 spiro atoms. The number of piperidine rings is 1. The number of anilines is 1. The zero-order chi connectivity index (χ0) is 18.9. The standard InChI is InChI=1S/C19H23N3O4/c1-2-16-5-3-4-12-22(16)18(24)13-26-19(25)14-6-8-15(9-7-14)21-17(23)10-11-20/h6-9,16H,2-5,10,12-13H2,1H3,(H,21,23)/t16-/m1/s1. The minimum atomic E-state index is -0.585. The van der Waals surface area contributed by atoms with Crippen molar-refractivity contribution in [2.75, 3.05) is 18.5 Å². The third kappa shape index (κ3) is 5.31. The smallest absolute Gasteiger partial charge is 0.338 e. The highest BCUT2D eigenvalue weighted by atomic mass is 16.5. The third-order valence-electron chi connectivity index (χ3n) is 4.39. The maximum absolute atomic E-state index is 12.3. The topological polar surface area (TPSA) is 99.5 Å². The number of hydrogen-bond donors (Lipinski definition) is 1. The summed E-state index contributed by atoms with van der Waals surface area (Å²) in [6.07, 6.45) is 3.77. The van der Waals surface area contributed by atoms with Gasteiger partial charge in [-0.15, -0.1) is 0 Å². The van der Waals surface area contributed by atoms with E-state index in [0.717, 1.165) is 25.7 Å². The summed E-state index contributed by atoms with van der Waals surface area (Å²) in [6, 6.07) is 8.09. The molecular weight excluding hydrogens is 334 g/mol. The Kier molecular flexibility index (Phi) is 7.15. The van der Waals surface area contributed by atoms with E-state index in [9.17, 15) is 14.4 Å². The minimum Gasteiger partial charge on any atom is -0.452 e. The van der Waals surface area contributed by atoms with Crippen LogP contribution in [0.2, 0.25) is 0 Å². The van der Waals surface area contributed by atoms with Gasteiger partial charge in [-0.2, -0.15) is 5.26 Å². The quantitative estimate of drug-likeness (QED) is 0.789. The summed E-state index contributed by atoms with van der Waals surface area (Å²) in [6.45, 7) is 2.50. The number of nitrogens with one attached hydrogen (secondary N) is 1. The van der Waals surface area contributed by atoms with E-state index in [1.807, 2.05) is 4.90 Å². The van der Waals surface area contributed by atoms with Crippen molar-refractivity contribution in [2.24, 2.45) is 0 Å². The van der Waals surface area contributed by atoms with E-state index in [-0.39, 0.29) is 25.0 Å². The number of rotatable bonds is 6. The second-order valence-corrected chi connectivity index (χ2v) is 6.18. The Morgan fingerprint density at radius 2 is 2.00 bits per heavy atom. The molecule has 1 aliphatic rings. The molecule has 138 valence electrons. The molecule has 1 fully saturated rings. The van der Waals surface area contributed by atoms with Gasteiger partial charge in [0.1, 0.15) is 6.42 Å². The van der Waals surface area contributed by atoms with Gasteiger partial charge in [0.15, 0.2) is 6.61 Å². The first-order valence-electron chi connectivity index (χ1n) is 8.78. The number of likely N-dealkylation sites (tertiary alicyclic amines) is 1. The molecule has 0 radical (unpaired) electrons. The molecule has 1 N–H and O–H groups in total. The van der Waals surface area contributed by atoms with Crippen molar-refractivity contribution < 1.29 is 19.1 Å². The molecule has 1 aromatic rings. The van der Waals surface area contributed by atoms with E-state index in [1.165, 1.54) is 12.1 Å². The van der Waals surface area contributed by atoms with E-state index < -0.39 is 11.9 Å². The number of nitriles is 1. The molecule has 0 saturated carbocycles. The molecule has 1 saturated heterocycles. The molecule has 7 heteroatoms. The summed E-state index contributed by atoms with van der Waals surface area (Å²) < 4.78 is 5.13. The first kappa shape index (κ1) is 19.4. The van der Waals surface area contributed by atoms with Gasteiger partial charge in [-0.1, -0.05) is 6.92 Å². The van der Waals surface area contributed by atoms with Gasteiger partial charge in [0.25, 0.3) is 5.91 Å². The Hall–Kier alpha value is -2.88. The number of carbonyl (C=O) groups excluding carboxylic acids is 3. The highest BCUT2D eigenvalue weighted by molar-refractivity contribution is 5.94. The number of hydrogen-bond acceptors (Lipinski definition) is 5. The van der Waals surface area contributed by atoms with Crippen LogP contribution in [0.15, 0.2) is 24.3 Å². The number of esters is 1. The normalized spacial score (nSPS) is 16.5. The Labute approximate surface area is 152 Å². The van der Waals surface area contributed by atoms with Crippen LogP contribution in [-0.4, -0.2) is 41.9 Å². The van der Waals surface area contributed by atoms with Crippen molar-refractivity contribution in [1.82, 2.24) is 4.90 Å². The molecule has 2 rings (SSSR count). The molecule has 2 amide bonds. The van der Waals surface area contributed by atoms with Gasteiger partial charge in [-0.3, -0.25) is 9.59 Å². The highest BCUT2D eigenvalue weighted by Gasteiger charge is 2.26. The van der Waals surface area contributed by atoms with Crippen LogP contribution in [0.3, 0.4) is 0 Å². The van der Waals surface area contributed by atoms with Crippen LogP contribution in [0.25, 0.3) is 0 Å². The van der Waals surface area contributed by atoms with Crippen molar-refractivity contribution in [3.63, 3.8) is 0 Å². The number of amides is 2. The fraction of sp³-hybridized carbons (Fsp3) is 0.474. The van der Waals surface area contributed by atoms with Crippen LogP contribution in [0.5, 0.6) is 0 Å². The van der Waals surface area contributed by atoms with E-state index in [1.54, 1.807) is 18.2 Å². The monoisotopic (exact) mass is 357 g/mol. The lowest BCUT2D eigenvalue weighted by molar-refractivity contribution is -0.138. The Morgan fingerprint density at radius 1 is 1.27 bits per heavy atom. The molecular formula is C19H23N3O4. The van der Waals surface area contributed by atoms with Gasteiger partial charge in [-0.05, 0) is 49.9 Å². The van der Waals surface area contributed by atoms with Crippen molar-refractivity contribution in [3.8, 4) is 6.07 Å². The summed E-state index contributed by atoms with van der Waals surface area (Å²) in [4.78, 5) is 37.6. The lowest BCUT2D eigenvalue weighted by atomic mass is 10.00. The van der Waals surface area contributed by atoms with Crippen molar-refractivity contribution in [2.45, 2.75) is 45.1 Å². The second kappa shape index (κ2) is 9.56. The molecule has 0 bridgehead atoms. The van der Waals surface area contributed by atoms with Crippen molar-refractivity contribution in [3.05, 3.63) is 29.8 Å². The fourth-order valence-electron chi connectivity index (χ4n) is 3.01. The lowest BCUT2D eigenvalue weighted by Gasteiger charge is -2.35. The zero-order valence-corrected chi connectivity index (χ0v) is 14.9. The van der Waals surface area contributed by atoms with E-state index >= 15 is 0 Å². The third-order valence-corrected chi connectivity index (χ3v) is 4.39. The maximum Gasteiger partial charge on any atom is 0.338 e. The van der Waals surface area contributed by atoms with Gasteiger partial charge < -0.3 is 15.0 Å². The molecule has 0 aliphatic carbocycles. The SMILES string of the molecule is CC[C@@H]1CCCCN1C(=O)COC(=O)c1ccc(NC(=O)CC#N)cc1. The predicted molar refractivity (Wildman–Crippen MR) is 95.2 cm³/mol. The number of ether oxygens (including phenoxy) is 1. The van der Waals surface area contributed by atoms with E-state index in [0.29, 0.717) is 17.8 Å². The summed E-state index contributed by atoms with van der Waals surface area (Å²) in [5, 5.41) is 11.0. The van der Waals surface area contributed by atoms with Gasteiger partial charge in [-0.25, -0.2) is 4.79 Å². The van der Waals surface area contributed by atoms with Crippen molar-refractivity contribution in [1.29, 1.82) is 5.26 Å². The predicted octanol–water partition coefficient (Wildman–Crippen LogP) is 2.49. The van der Waals surface area contributed by atoms with Crippen molar-refractivity contribution >= 4 is 23.5 Å². The Balaban J connectivity index is 1.86. The second-order valence-electron chi connectivity index (χ2n) is 6.18. The van der Waals surface area contributed by atoms with Gasteiger partial charge in [0.05, 0.1) is 11.6 Å². The molecule has 0 aromatic heterocycles. The van der Waals surface area contributed by atoms with Crippen LogP contribution in [0, 0.1) is 11.3 Å². The maximum atomic E-state index is 12.3. The van der Waals surface area contributed by atoms with Crippen LogP contribution in [-0.2, 0) is 14.3 Å². The fourth-order valence-corrected chi connectivity index (χ4v) is 3.01. The Morgan fingerprint density at radius 3 is 2.65 bits per heavy atom. The molecule has 1 atom stereocenters. The lowest BCUT2D eigenvalue weighted by Crippen LogP contribution is -2.45. The highest BCUT2D eigenvalue weighted by Crippen LogP contribution is 2.19. The molecule has 0 unspecified atom stereocenters. The van der Waals surface area contributed by atoms with Gasteiger partial charge in [0, 0.05) is 18.3 Å². The first-order chi connectivity index (χ1) is 12.5. The summed E-state index contributed by atoms with van der Waals surface area (Å²) in [5.74, 6) is -1.16. The van der Waals surface area contributed by atoms with Crippen LogP contribution in [0.4, 0.5) is 5.69 Å². The Bertz CT molecular complexity index is 694. The average molecular weight is 357 g/mol. The van der Waals surface area contributed by atoms with Crippen LogP contribution < -0.4 is 5.32 Å². The summed E-state index contributed by atoms with van der Waals surface area (Å²) >= 11 is 0. The minimum absolute atomic E-state index is 0.162. The van der Waals surface area contributed by atoms with E-state index in [4.69, 9.17) is 10.00 Å². The largest absolute Gasteiger partial charge is 0.452 e. The molecule has 7 nitrogen and oxygen atoms in total. The first-order valence-corrected chi connectivity index (χ1v) is 8.78. The summed E-state index contributed by atoms with van der Waals surface area (Å²) in [7, 11) is 0. The molecule has 1 heterocycles. The summed E-state index contributed by atoms with van der Waals surface area (Å²) in [5.41, 5.74) is 0.777. The molecule has 1 aliphatic heterocycles. The average Bonchev–Trinajstić information content (AvgIpc) is 2.66. The molecule has 1 aromatic carbocycles. The van der Waals surface area contributed by atoms with Crippen LogP contribution >= 0.6 is 0 Å². The zero-order valence-electron chi connectivity index (χ0n) is 14.9. The number of nitrogens with zero attached hydrogens (tertiary/aromatic N) is 2. The van der Waals surface area contributed by atoms with Crippen LogP contribution in [0.1, 0.15) is 49.4 Å². The van der Waals surface area contributed by atoms with Gasteiger partial charge in [0.2, 0.25) is 5.91 Å². The molecule has 26 heavy (non-hydrogen) atoms.